The van der Waals surface area contributed by atoms with Gasteiger partial charge >= 0.3 is 43.6 Å². The van der Waals surface area contributed by atoms with E-state index in [2.05, 4.69) is 60.7 Å². The Morgan fingerprint density at radius 2 is 1.33 bits per heavy atom. The van der Waals surface area contributed by atoms with E-state index in [-0.39, 0.29) is 64.6 Å². The average Bonchev–Trinajstić information content (AvgIpc) is 3.93. The zero-order valence-electron chi connectivity index (χ0n) is 31.4. The number of alkyl halides is 3. The molecule has 13 nitrogen and oxygen atoms in total. The molecule has 0 saturated carbocycles. The Morgan fingerprint density at radius 3 is 1.83 bits per heavy atom. The second-order valence-corrected chi connectivity index (χ2v) is 14.6. The number of unbranched alkanes of at least 4 members (excludes halogenated alkanes) is 5. The van der Waals surface area contributed by atoms with Gasteiger partial charge in [-0.05, 0) is 72.8 Å². The van der Waals surface area contributed by atoms with Gasteiger partial charge in [0.1, 0.15) is 5.69 Å². The Kier molecular flexibility index (Phi) is 19.5. The Hall–Kier alpha value is -5.52. The zero-order chi connectivity index (χ0) is 43.0. The van der Waals surface area contributed by atoms with Crippen LogP contribution < -0.4 is 5.10 Å². The molecule has 0 atom stereocenters. The van der Waals surface area contributed by atoms with Crippen LogP contribution in [0.5, 0.6) is 0 Å². The van der Waals surface area contributed by atoms with E-state index in [9.17, 15) is 32.7 Å². The van der Waals surface area contributed by atoms with Crippen molar-refractivity contribution in [2.24, 2.45) is 0 Å². The largest absolute Gasteiger partial charge is 2.00 e. The number of pyridine rings is 4. The number of thiophene rings is 1. The number of aromatic carboxylic acids is 3. The van der Waals surface area contributed by atoms with Crippen LogP contribution in [0.25, 0.3) is 50.0 Å². The molecule has 6 aromatic heterocycles. The number of aromatic nitrogens is 6. The molecule has 0 spiro atoms. The second-order valence-electron chi connectivity index (χ2n) is 12.3. The number of isothiocyanates is 1. The topological polar surface area (TPSA) is 213 Å². The maximum atomic E-state index is 12.7. The van der Waals surface area contributed by atoms with Crippen LogP contribution in [0.1, 0.15) is 82.2 Å². The minimum absolute atomic E-state index is 0. The molecule has 0 bridgehead atoms. The summed E-state index contributed by atoms with van der Waals surface area (Å²) in [7, 11) is 0. The third-order valence-corrected chi connectivity index (χ3v) is 10.3. The van der Waals surface area contributed by atoms with Crippen LogP contribution in [0.2, 0.25) is 0 Å². The van der Waals surface area contributed by atoms with E-state index in [1.807, 2.05) is 17.8 Å². The van der Waals surface area contributed by atoms with Crippen LogP contribution in [-0.4, -0.2) is 69.2 Å². The number of thiocarbonyl (C=S) groups is 1. The summed E-state index contributed by atoms with van der Waals surface area (Å²) < 4.78 is 38.0. The van der Waals surface area contributed by atoms with Gasteiger partial charge in [-0.3, -0.25) is 15.0 Å². The molecule has 312 valence electrons. The van der Waals surface area contributed by atoms with Crippen molar-refractivity contribution in [2.75, 3.05) is 5.75 Å². The first kappa shape index (κ1) is 48.8. The number of carboxylic acids is 3. The van der Waals surface area contributed by atoms with Crippen LogP contribution in [0.3, 0.4) is 0 Å². The number of thioether (sulfide) groups is 1. The summed E-state index contributed by atoms with van der Waals surface area (Å²) in [5.74, 6) is -2.44. The zero-order valence-corrected chi connectivity index (χ0v) is 35.6. The van der Waals surface area contributed by atoms with E-state index in [1.165, 1.54) is 97.4 Å². The van der Waals surface area contributed by atoms with Gasteiger partial charge in [-0.25, -0.2) is 19.4 Å². The predicted molar refractivity (Wildman–Crippen MR) is 221 cm³/mol. The van der Waals surface area contributed by atoms with Gasteiger partial charge < -0.3 is 30.9 Å². The summed E-state index contributed by atoms with van der Waals surface area (Å²) in [5.41, 5.74) is 0.833. The van der Waals surface area contributed by atoms with Crippen molar-refractivity contribution in [2.45, 2.75) is 56.5 Å². The van der Waals surface area contributed by atoms with Gasteiger partial charge in [-0.2, -0.15) is 18.3 Å². The van der Waals surface area contributed by atoms with E-state index >= 15 is 0 Å². The fourth-order valence-corrected chi connectivity index (χ4v) is 7.23. The van der Waals surface area contributed by atoms with E-state index < -0.39 is 29.8 Å². The summed E-state index contributed by atoms with van der Waals surface area (Å²) in [5, 5.41) is 45.0. The van der Waals surface area contributed by atoms with Crippen molar-refractivity contribution >= 4 is 58.4 Å². The Morgan fingerprint density at radius 1 is 0.783 bits per heavy atom. The van der Waals surface area contributed by atoms with Crippen molar-refractivity contribution in [3.63, 3.8) is 0 Å². The third kappa shape index (κ3) is 14.6. The van der Waals surface area contributed by atoms with Gasteiger partial charge in [0.2, 0.25) is 0 Å². The molecular formula is C40H34F3N7O6RuS3. The van der Waals surface area contributed by atoms with Crippen molar-refractivity contribution in [3.8, 4) is 44.6 Å². The quantitative estimate of drug-likeness (QED) is 0.0287. The van der Waals surface area contributed by atoms with E-state index in [1.54, 1.807) is 23.6 Å². The second kappa shape index (κ2) is 23.9. The molecule has 0 aliphatic heterocycles. The molecule has 0 amide bonds. The number of carboxylic acid groups (broad SMARTS) is 3. The SMILES string of the molecule is CCCCCCCCSc1csc(-c2ccc(-c3cc(C(F)(F)F)n[n-]3)nc2)c1.O=C(O)c1ccnc(-c2cc(C(=O)O)cc(-c3cc(C(=O)O)ccn3)n2)c1.[N-]=C=S.[Ru+2]. The first-order valence-corrected chi connectivity index (χ1v) is 19.9. The Labute approximate surface area is 368 Å². The Balaban J connectivity index is 0.000000297. The van der Waals surface area contributed by atoms with Crippen molar-refractivity contribution < 1.29 is 62.4 Å². The average molecular weight is 963 g/mol. The van der Waals surface area contributed by atoms with Crippen LogP contribution in [0.4, 0.5) is 13.2 Å². The molecule has 60 heavy (non-hydrogen) atoms. The predicted octanol–water partition coefficient (Wildman–Crippen LogP) is 10.3. The molecule has 6 aromatic rings. The molecule has 3 N–H and O–H groups in total. The van der Waals surface area contributed by atoms with Crippen molar-refractivity contribution in [1.29, 1.82) is 0 Å². The Bertz CT molecular complexity index is 2330. The molecule has 0 saturated heterocycles. The van der Waals surface area contributed by atoms with Crippen LogP contribution in [-0.2, 0) is 25.7 Å². The number of hydrogen-bond acceptors (Lipinski definition) is 11. The summed E-state index contributed by atoms with van der Waals surface area (Å²) in [6.07, 6.45) is 7.50. The van der Waals surface area contributed by atoms with E-state index in [4.69, 9.17) is 15.6 Å². The molecule has 6 heterocycles. The fourth-order valence-electron chi connectivity index (χ4n) is 5.19. The molecular weight excluding hydrogens is 929 g/mol. The van der Waals surface area contributed by atoms with Gasteiger partial charge in [0.05, 0.1) is 39.5 Å². The van der Waals surface area contributed by atoms with E-state index in [0.717, 1.165) is 22.3 Å². The van der Waals surface area contributed by atoms with Gasteiger partial charge in [-0.1, -0.05) is 56.9 Å². The molecule has 0 aliphatic rings. The maximum Gasteiger partial charge on any atom is 2.00 e. The minimum Gasteiger partial charge on any atom is -0.753 e. The summed E-state index contributed by atoms with van der Waals surface area (Å²) in [4.78, 5) is 52.7. The molecule has 20 heteroatoms. The van der Waals surface area contributed by atoms with Crippen LogP contribution in [0, 0.1) is 0 Å². The normalized spacial score (nSPS) is 10.5. The van der Waals surface area contributed by atoms with Crippen molar-refractivity contribution in [1.82, 2.24) is 30.1 Å². The van der Waals surface area contributed by atoms with Gasteiger partial charge in [0.25, 0.3) is 0 Å². The monoisotopic (exact) mass is 963 g/mol. The fraction of sp³-hybridized carbons (Fsp3) is 0.225. The first-order chi connectivity index (χ1) is 28.2. The molecule has 0 aliphatic carbocycles. The third-order valence-electron chi connectivity index (χ3n) is 8.09. The maximum absolute atomic E-state index is 12.7. The smallest absolute Gasteiger partial charge is 0.753 e. The minimum atomic E-state index is -4.49. The number of hydrogen-bond donors (Lipinski definition) is 3. The van der Waals surface area contributed by atoms with Crippen molar-refractivity contribution in [3.05, 3.63) is 112 Å². The summed E-state index contributed by atoms with van der Waals surface area (Å²) in [6.45, 7) is 2.23. The van der Waals surface area contributed by atoms with Gasteiger partial charge in [-0.15, -0.1) is 23.1 Å². The number of carbonyl (C=O) groups is 3. The van der Waals surface area contributed by atoms with Crippen LogP contribution >= 0.6 is 35.3 Å². The molecule has 0 aromatic carbocycles. The standard InChI is InChI=1S/C21H23F3N3S2.C18H11N3O6.CNS.Ru/c1-2-3-4-5-6-7-10-28-16-11-19(29-14-16)15-8-9-17(25-13-15)18-12-20(27-26-18)21(22,23)24;22-16(23)9-1-3-19-12(5-9)14-7-11(18(26)27)8-15(21-14)13-6-10(17(24)25)2-4-20-13;2-1-3;/h8-9,11-14H,2-7,10H2,1H3;1-8H,(H,22,23)(H,24,25)(H,26,27);;/q-1;;-1;+2. The first-order valence-electron chi connectivity index (χ1n) is 17.7. The number of rotatable bonds is 15. The summed E-state index contributed by atoms with van der Waals surface area (Å²) >= 11 is 7.22. The number of halogens is 3. The van der Waals surface area contributed by atoms with Gasteiger partial charge in [0, 0.05) is 45.0 Å². The molecule has 6 rings (SSSR count). The molecule has 0 unspecified atom stereocenters. The van der Waals surface area contributed by atoms with Gasteiger partial charge in [0.15, 0.2) is 0 Å². The molecule has 0 fully saturated rings. The summed E-state index contributed by atoms with van der Waals surface area (Å²) in [6, 6.07) is 14.2. The van der Waals surface area contributed by atoms with E-state index in [0.29, 0.717) is 5.69 Å². The molecule has 0 radical (unpaired) electrons. The number of nitrogens with zero attached hydrogens (tertiary/aromatic N) is 7. The van der Waals surface area contributed by atoms with Crippen LogP contribution in [0.15, 0.2) is 89.5 Å².